The normalized spacial score (nSPS) is 22.0. The summed E-state index contributed by atoms with van der Waals surface area (Å²) in [7, 11) is 0. The number of pyridine rings is 1. The first-order valence-corrected chi connectivity index (χ1v) is 8.56. The SMILES string of the molecule is Cc1ccnc(NC2CN(Cc3ccccc3)CC2C)c1Br. The van der Waals surface area contributed by atoms with E-state index in [4.69, 9.17) is 0 Å². The molecule has 1 fully saturated rings. The number of aromatic nitrogens is 1. The first-order chi connectivity index (χ1) is 10.6. The van der Waals surface area contributed by atoms with Gasteiger partial charge < -0.3 is 5.32 Å². The van der Waals surface area contributed by atoms with Gasteiger partial charge in [-0.25, -0.2) is 4.98 Å². The van der Waals surface area contributed by atoms with Crippen LogP contribution in [0.4, 0.5) is 5.82 Å². The van der Waals surface area contributed by atoms with Crippen molar-refractivity contribution in [2.75, 3.05) is 18.4 Å². The van der Waals surface area contributed by atoms with Gasteiger partial charge in [0.05, 0.1) is 4.47 Å². The predicted octanol–water partition coefficient (Wildman–Crippen LogP) is 4.08. The molecule has 22 heavy (non-hydrogen) atoms. The number of nitrogens with one attached hydrogen (secondary N) is 1. The molecule has 3 nitrogen and oxygen atoms in total. The Balaban J connectivity index is 1.65. The van der Waals surface area contributed by atoms with E-state index in [1.807, 2.05) is 12.3 Å². The smallest absolute Gasteiger partial charge is 0.140 e. The Morgan fingerprint density at radius 1 is 1.23 bits per heavy atom. The Morgan fingerprint density at radius 3 is 2.77 bits per heavy atom. The van der Waals surface area contributed by atoms with Crippen molar-refractivity contribution in [2.24, 2.45) is 5.92 Å². The van der Waals surface area contributed by atoms with Crippen LogP contribution in [0.15, 0.2) is 47.1 Å². The van der Waals surface area contributed by atoms with Gasteiger partial charge in [-0.15, -0.1) is 0 Å². The molecule has 1 aliphatic heterocycles. The zero-order chi connectivity index (χ0) is 15.5. The molecule has 0 amide bonds. The van der Waals surface area contributed by atoms with Crippen molar-refractivity contribution >= 4 is 21.7 Å². The van der Waals surface area contributed by atoms with Crippen LogP contribution in [-0.2, 0) is 6.54 Å². The molecular formula is C18H22BrN3. The molecule has 2 heterocycles. The van der Waals surface area contributed by atoms with Crippen LogP contribution in [0.1, 0.15) is 18.1 Å². The standard InChI is InChI=1S/C18H22BrN3/c1-13-8-9-20-18(17(13)19)21-16-12-22(10-14(16)2)11-15-6-4-3-5-7-15/h3-9,14,16H,10-12H2,1-2H3,(H,20,21). The molecule has 1 aromatic carbocycles. The van der Waals surface area contributed by atoms with Crippen molar-refractivity contribution in [1.29, 1.82) is 0 Å². The minimum atomic E-state index is 0.439. The van der Waals surface area contributed by atoms with Gasteiger partial charge in [0.25, 0.3) is 0 Å². The van der Waals surface area contributed by atoms with Gasteiger partial charge in [0, 0.05) is 31.9 Å². The molecule has 3 rings (SSSR count). The summed E-state index contributed by atoms with van der Waals surface area (Å²) in [6, 6.07) is 13.1. The van der Waals surface area contributed by atoms with Crippen LogP contribution in [0.3, 0.4) is 0 Å². The van der Waals surface area contributed by atoms with Crippen molar-refractivity contribution in [3.63, 3.8) is 0 Å². The van der Waals surface area contributed by atoms with Gasteiger partial charge in [0.1, 0.15) is 5.82 Å². The van der Waals surface area contributed by atoms with Crippen molar-refractivity contribution in [3.8, 4) is 0 Å². The topological polar surface area (TPSA) is 28.2 Å². The summed E-state index contributed by atoms with van der Waals surface area (Å²) in [6.07, 6.45) is 1.86. The summed E-state index contributed by atoms with van der Waals surface area (Å²) in [5.74, 6) is 1.57. The van der Waals surface area contributed by atoms with Crippen molar-refractivity contribution in [1.82, 2.24) is 9.88 Å². The molecule has 0 bridgehead atoms. The van der Waals surface area contributed by atoms with Crippen LogP contribution in [0.5, 0.6) is 0 Å². The van der Waals surface area contributed by atoms with Crippen molar-refractivity contribution in [2.45, 2.75) is 26.4 Å². The van der Waals surface area contributed by atoms with E-state index in [9.17, 15) is 0 Å². The number of anilines is 1. The second-order valence-electron chi connectivity index (χ2n) is 6.20. The van der Waals surface area contributed by atoms with Crippen LogP contribution in [0, 0.1) is 12.8 Å². The Morgan fingerprint density at radius 2 is 2.00 bits per heavy atom. The van der Waals surface area contributed by atoms with E-state index in [0.717, 1.165) is 29.9 Å². The van der Waals surface area contributed by atoms with Gasteiger partial charge in [0.2, 0.25) is 0 Å². The molecule has 0 aliphatic carbocycles. The fraction of sp³-hybridized carbons (Fsp3) is 0.389. The molecule has 1 saturated heterocycles. The molecule has 0 saturated carbocycles. The second-order valence-corrected chi connectivity index (χ2v) is 6.99. The monoisotopic (exact) mass is 359 g/mol. The lowest BCUT2D eigenvalue weighted by Gasteiger charge is -2.19. The third kappa shape index (κ3) is 3.50. The van der Waals surface area contributed by atoms with E-state index in [2.05, 4.69) is 75.3 Å². The van der Waals surface area contributed by atoms with Gasteiger partial charge in [-0.3, -0.25) is 4.90 Å². The largest absolute Gasteiger partial charge is 0.365 e. The van der Waals surface area contributed by atoms with Crippen LogP contribution < -0.4 is 5.32 Å². The Labute approximate surface area is 140 Å². The number of hydrogen-bond acceptors (Lipinski definition) is 3. The fourth-order valence-electron chi connectivity index (χ4n) is 3.04. The Bertz CT molecular complexity index is 629. The predicted molar refractivity (Wildman–Crippen MR) is 95.0 cm³/mol. The Hall–Kier alpha value is -1.39. The van der Waals surface area contributed by atoms with E-state index in [0.29, 0.717) is 12.0 Å². The van der Waals surface area contributed by atoms with E-state index in [-0.39, 0.29) is 0 Å². The first kappa shape index (κ1) is 15.5. The highest BCUT2D eigenvalue weighted by molar-refractivity contribution is 9.10. The summed E-state index contributed by atoms with van der Waals surface area (Å²) >= 11 is 3.64. The average Bonchev–Trinajstić information content (AvgIpc) is 2.85. The molecule has 0 radical (unpaired) electrons. The van der Waals surface area contributed by atoms with Crippen molar-refractivity contribution in [3.05, 3.63) is 58.2 Å². The van der Waals surface area contributed by atoms with Gasteiger partial charge in [-0.05, 0) is 46.0 Å². The molecule has 1 aromatic heterocycles. The lowest BCUT2D eigenvalue weighted by atomic mass is 10.1. The molecule has 2 unspecified atom stereocenters. The zero-order valence-electron chi connectivity index (χ0n) is 13.1. The maximum atomic E-state index is 4.47. The lowest BCUT2D eigenvalue weighted by Crippen LogP contribution is -2.28. The van der Waals surface area contributed by atoms with Gasteiger partial charge >= 0.3 is 0 Å². The molecular weight excluding hydrogens is 338 g/mol. The summed E-state index contributed by atoms with van der Waals surface area (Å²) in [5, 5.41) is 3.62. The number of nitrogens with zero attached hydrogens (tertiary/aromatic N) is 2. The number of halogens is 1. The molecule has 1 aliphatic rings. The Kier molecular flexibility index (Phi) is 4.79. The highest BCUT2D eigenvalue weighted by Crippen LogP contribution is 2.27. The van der Waals surface area contributed by atoms with Crippen LogP contribution in [0.2, 0.25) is 0 Å². The maximum absolute atomic E-state index is 4.47. The van der Waals surface area contributed by atoms with Crippen LogP contribution in [-0.4, -0.2) is 29.0 Å². The summed E-state index contributed by atoms with van der Waals surface area (Å²) in [6.45, 7) is 7.60. The van der Waals surface area contributed by atoms with E-state index < -0.39 is 0 Å². The number of aryl methyl sites for hydroxylation is 1. The van der Waals surface area contributed by atoms with Gasteiger partial charge in [0.15, 0.2) is 0 Å². The third-order valence-corrected chi connectivity index (χ3v) is 5.34. The first-order valence-electron chi connectivity index (χ1n) is 7.77. The van der Waals surface area contributed by atoms with Gasteiger partial charge in [-0.1, -0.05) is 37.3 Å². The second kappa shape index (κ2) is 6.80. The summed E-state index contributed by atoms with van der Waals surface area (Å²) < 4.78 is 1.07. The van der Waals surface area contributed by atoms with Gasteiger partial charge in [-0.2, -0.15) is 0 Å². The molecule has 1 N–H and O–H groups in total. The van der Waals surface area contributed by atoms with E-state index >= 15 is 0 Å². The van der Waals surface area contributed by atoms with Crippen LogP contribution in [0.25, 0.3) is 0 Å². The number of benzene rings is 1. The molecule has 0 spiro atoms. The minimum absolute atomic E-state index is 0.439. The average molecular weight is 360 g/mol. The van der Waals surface area contributed by atoms with Crippen molar-refractivity contribution < 1.29 is 0 Å². The lowest BCUT2D eigenvalue weighted by molar-refractivity contribution is 0.319. The number of likely N-dealkylation sites (tertiary alicyclic amines) is 1. The molecule has 2 atom stereocenters. The van der Waals surface area contributed by atoms with Crippen LogP contribution >= 0.6 is 15.9 Å². The summed E-state index contributed by atoms with van der Waals surface area (Å²) in [5.41, 5.74) is 2.59. The highest BCUT2D eigenvalue weighted by atomic mass is 79.9. The third-order valence-electron chi connectivity index (χ3n) is 4.34. The number of hydrogen-bond donors (Lipinski definition) is 1. The number of rotatable bonds is 4. The quantitative estimate of drug-likeness (QED) is 0.890. The zero-order valence-corrected chi connectivity index (χ0v) is 14.7. The molecule has 116 valence electrons. The highest BCUT2D eigenvalue weighted by Gasteiger charge is 2.30. The maximum Gasteiger partial charge on any atom is 0.140 e. The minimum Gasteiger partial charge on any atom is -0.365 e. The molecule has 2 aromatic rings. The van der Waals surface area contributed by atoms with E-state index in [1.54, 1.807) is 0 Å². The fourth-order valence-corrected chi connectivity index (χ4v) is 3.39. The summed E-state index contributed by atoms with van der Waals surface area (Å²) in [4.78, 5) is 6.98. The van der Waals surface area contributed by atoms with E-state index in [1.165, 1.54) is 11.1 Å². The molecule has 4 heteroatoms.